The molecule has 1 fully saturated rings. The molecule has 10 nitrogen and oxygen atoms in total. The molecule has 2 aliphatic rings. The summed E-state index contributed by atoms with van der Waals surface area (Å²) in [6, 6.07) is 17.2. The Hall–Kier alpha value is -3.11. The zero-order valence-corrected chi connectivity index (χ0v) is 26.3. The molecule has 2 aromatic carbocycles. The number of aromatic nitrogens is 1. The second-order valence-electron chi connectivity index (χ2n) is 10.5. The summed E-state index contributed by atoms with van der Waals surface area (Å²) in [5, 5.41) is 0. The van der Waals surface area contributed by atoms with Crippen LogP contribution in [-0.4, -0.2) is 54.9 Å². The van der Waals surface area contributed by atoms with Crippen LogP contribution in [0.1, 0.15) is 44.1 Å². The van der Waals surface area contributed by atoms with Gasteiger partial charge in [-0.3, -0.25) is 0 Å². The molecule has 2 heterocycles. The molecular weight excluding hydrogens is 599 g/mol. The summed E-state index contributed by atoms with van der Waals surface area (Å²) < 4.78 is 82.0. The van der Waals surface area contributed by atoms with Gasteiger partial charge in [-0.05, 0) is 41.7 Å². The number of allylic oxidation sites excluding steroid dienone is 4. The number of hydrogen-bond acceptors (Lipinski definition) is 9. The number of rotatable bonds is 12. The summed E-state index contributed by atoms with van der Waals surface area (Å²) >= 11 is 0. The van der Waals surface area contributed by atoms with Crippen LogP contribution in [0, 0.1) is 0 Å². The van der Waals surface area contributed by atoms with Crippen molar-refractivity contribution in [3.05, 3.63) is 101 Å². The third-order valence-corrected chi connectivity index (χ3v) is 9.03. The van der Waals surface area contributed by atoms with E-state index < -0.39 is 31.7 Å². The SMILES string of the molecule is CCC(=Cc1oc2ccccc2[n+]1CCCS(=O)(=O)[O-])C=C1OC2=CC=C(c3ccccc3)CC2N1CCCS(=O)(=O)[O-].[Li+]. The average molecular weight is 633 g/mol. The second-order valence-corrected chi connectivity index (χ2v) is 13.5. The molecule has 3 aromatic rings. The second kappa shape index (κ2) is 14.3. The van der Waals surface area contributed by atoms with Crippen molar-refractivity contribution >= 4 is 43.0 Å². The maximum Gasteiger partial charge on any atom is 1.00 e. The van der Waals surface area contributed by atoms with Gasteiger partial charge in [0.1, 0.15) is 5.76 Å². The number of aryl methyl sites for hydroxylation is 1. The molecular formula is C31H33LiN2O8S2. The fourth-order valence-electron chi connectivity index (χ4n) is 5.38. The van der Waals surface area contributed by atoms with Crippen LogP contribution < -0.4 is 23.4 Å². The van der Waals surface area contributed by atoms with E-state index in [-0.39, 0.29) is 44.3 Å². The van der Waals surface area contributed by atoms with Crippen LogP contribution in [-0.2, 0) is 31.5 Å². The van der Waals surface area contributed by atoms with Gasteiger partial charge in [0, 0.05) is 43.0 Å². The molecule has 1 saturated heterocycles. The summed E-state index contributed by atoms with van der Waals surface area (Å²) in [4.78, 5) is 2.00. The molecule has 0 saturated carbocycles. The Morgan fingerprint density at radius 1 is 0.977 bits per heavy atom. The van der Waals surface area contributed by atoms with Gasteiger partial charge in [-0.1, -0.05) is 55.5 Å². The van der Waals surface area contributed by atoms with Gasteiger partial charge in [0.25, 0.3) is 5.52 Å². The van der Waals surface area contributed by atoms with E-state index in [0.717, 1.165) is 28.0 Å². The largest absolute Gasteiger partial charge is 1.00 e. The molecule has 1 atom stereocenters. The first kappa shape index (κ1) is 33.8. The molecule has 0 amide bonds. The number of benzene rings is 2. The van der Waals surface area contributed by atoms with Gasteiger partial charge in [-0.2, -0.15) is 4.57 Å². The summed E-state index contributed by atoms with van der Waals surface area (Å²) in [6.07, 6.45) is 9.22. The Labute approximate surface area is 270 Å². The van der Waals surface area contributed by atoms with Crippen LogP contribution >= 0.6 is 0 Å². The minimum Gasteiger partial charge on any atom is -0.748 e. The van der Waals surface area contributed by atoms with E-state index in [9.17, 15) is 25.9 Å². The van der Waals surface area contributed by atoms with Gasteiger partial charge in [0.15, 0.2) is 12.4 Å². The number of fused-ring (bicyclic) bond motifs is 2. The zero-order chi connectivity index (χ0) is 30.6. The number of oxazole rings is 1. The van der Waals surface area contributed by atoms with Gasteiger partial charge in [0.2, 0.25) is 5.58 Å². The van der Waals surface area contributed by atoms with Crippen LogP contribution in [0.4, 0.5) is 0 Å². The number of ether oxygens (including phenoxy) is 1. The fraction of sp³-hybridized carbons (Fsp3) is 0.323. The predicted octanol–water partition coefficient (Wildman–Crippen LogP) is 1.30. The number of nitrogens with zero attached hydrogens (tertiary/aromatic N) is 2. The molecule has 0 spiro atoms. The van der Waals surface area contributed by atoms with Crippen LogP contribution in [0.3, 0.4) is 0 Å². The van der Waals surface area contributed by atoms with Crippen LogP contribution in [0.5, 0.6) is 0 Å². The first-order valence-corrected chi connectivity index (χ1v) is 17.3. The molecule has 1 aliphatic heterocycles. The molecule has 13 heteroatoms. The monoisotopic (exact) mass is 632 g/mol. The maximum absolute atomic E-state index is 11.4. The molecule has 0 N–H and O–H groups in total. The van der Waals surface area contributed by atoms with E-state index in [4.69, 9.17) is 9.15 Å². The van der Waals surface area contributed by atoms with Crippen molar-refractivity contribution in [1.82, 2.24) is 4.90 Å². The van der Waals surface area contributed by atoms with Crippen LogP contribution in [0.25, 0.3) is 22.7 Å². The van der Waals surface area contributed by atoms with E-state index in [1.165, 1.54) is 0 Å². The zero-order valence-electron chi connectivity index (χ0n) is 24.7. The molecule has 228 valence electrons. The van der Waals surface area contributed by atoms with Crippen molar-refractivity contribution in [2.45, 2.75) is 45.2 Å². The molecule has 1 unspecified atom stereocenters. The van der Waals surface area contributed by atoms with Gasteiger partial charge < -0.3 is 23.2 Å². The van der Waals surface area contributed by atoms with Crippen LogP contribution in [0.15, 0.2) is 94.5 Å². The molecule has 1 aliphatic carbocycles. The third kappa shape index (κ3) is 8.53. The Kier molecular flexibility index (Phi) is 11.0. The molecule has 0 bridgehead atoms. The predicted molar refractivity (Wildman–Crippen MR) is 160 cm³/mol. The molecule has 44 heavy (non-hydrogen) atoms. The Morgan fingerprint density at radius 3 is 2.36 bits per heavy atom. The van der Waals surface area contributed by atoms with Crippen molar-refractivity contribution in [1.29, 1.82) is 0 Å². The Bertz CT molecular complexity index is 1830. The number of hydrogen-bond donors (Lipinski definition) is 0. The quantitative estimate of drug-likeness (QED) is 0.164. The fourth-order valence-corrected chi connectivity index (χ4v) is 6.34. The van der Waals surface area contributed by atoms with E-state index >= 15 is 0 Å². The Balaban J connectivity index is 0.00000442. The normalized spacial score (nSPS) is 18.1. The van der Waals surface area contributed by atoms with Gasteiger partial charge >= 0.3 is 24.8 Å². The summed E-state index contributed by atoms with van der Waals surface area (Å²) in [7, 11) is -8.72. The minimum absolute atomic E-state index is 0. The summed E-state index contributed by atoms with van der Waals surface area (Å²) in [5.74, 6) is 0.813. The first-order chi connectivity index (χ1) is 20.5. The summed E-state index contributed by atoms with van der Waals surface area (Å²) in [5.41, 5.74) is 4.45. The third-order valence-electron chi connectivity index (χ3n) is 7.45. The van der Waals surface area contributed by atoms with E-state index in [2.05, 4.69) is 0 Å². The van der Waals surface area contributed by atoms with Crippen molar-refractivity contribution in [3.63, 3.8) is 0 Å². The van der Waals surface area contributed by atoms with Crippen molar-refractivity contribution in [3.8, 4) is 0 Å². The average Bonchev–Trinajstić information content (AvgIpc) is 3.48. The van der Waals surface area contributed by atoms with Gasteiger partial charge in [-0.25, -0.2) is 16.8 Å². The van der Waals surface area contributed by atoms with Gasteiger partial charge in [0.05, 0.1) is 32.4 Å². The standard InChI is InChI=1S/C31H34N2O8S2.Li/c1-2-23(20-30-32(16-8-18-42(34,35)36)26-12-6-7-13-28(26)40-30)21-31-33(17-9-19-43(37,38)39)27-22-25(14-15-29(27)41-31)24-10-4-3-5-11-24;/h3-7,10-15,20-21,27H,2,8-9,16-19,22H2,1H3,(H-,34,35,36,37,38,39);/q;+1/p-1. The van der Waals surface area contributed by atoms with Gasteiger partial charge in [-0.15, -0.1) is 0 Å². The van der Waals surface area contributed by atoms with Crippen LogP contribution in [0.2, 0.25) is 0 Å². The van der Waals surface area contributed by atoms with Crippen molar-refractivity contribution in [2.24, 2.45) is 0 Å². The van der Waals surface area contributed by atoms with Crippen molar-refractivity contribution < 1.29 is 58.5 Å². The van der Waals surface area contributed by atoms with E-state index in [1.807, 2.05) is 95.3 Å². The summed E-state index contributed by atoms with van der Waals surface area (Å²) in [6.45, 7) is 2.56. The smallest absolute Gasteiger partial charge is 0.748 e. The molecule has 1 aromatic heterocycles. The van der Waals surface area contributed by atoms with Crippen molar-refractivity contribution in [2.75, 3.05) is 18.1 Å². The minimum atomic E-state index is -4.37. The molecule has 5 rings (SSSR count). The first-order valence-electron chi connectivity index (χ1n) is 14.1. The number of para-hydroxylation sites is 2. The molecule has 0 radical (unpaired) electrons. The maximum atomic E-state index is 11.4. The Morgan fingerprint density at radius 2 is 1.66 bits per heavy atom. The van der Waals surface area contributed by atoms with E-state index in [1.54, 1.807) is 0 Å². The van der Waals surface area contributed by atoms with E-state index in [0.29, 0.717) is 36.7 Å². The topological polar surface area (TPSA) is 144 Å².